The van der Waals surface area contributed by atoms with Crippen molar-refractivity contribution < 1.29 is 0 Å². The van der Waals surface area contributed by atoms with E-state index in [-0.39, 0.29) is 6.04 Å². The minimum absolute atomic E-state index is 0.236. The lowest BCUT2D eigenvalue weighted by molar-refractivity contribution is 0.681. The van der Waals surface area contributed by atoms with Gasteiger partial charge in [-0.2, -0.15) is 0 Å². The Morgan fingerprint density at radius 3 is 2.91 bits per heavy atom. The van der Waals surface area contributed by atoms with Gasteiger partial charge in [0.1, 0.15) is 17.3 Å². The lowest BCUT2D eigenvalue weighted by Crippen LogP contribution is -2.24. The Kier molecular flexibility index (Phi) is 3.49. The van der Waals surface area contributed by atoms with E-state index in [2.05, 4.69) is 35.9 Å². The third-order valence-corrected chi connectivity index (χ3v) is 4.14. The Balaban J connectivity index is 1.72. The van der Waals surface area contributed by atoms with Crippen molar-refractivity contribution in [3.63, 3.8) is 0 Å². The zero-order valence-corrected chi connectivity index (χ0v) is 13.0. The molecule has 6 nitrogen and oxygen atoms in total. The van der Waals surface area contributed by atoms with Gasteiger partial charge in [0.05, 0.1) is 11.7 Å². The average Bonchev–Trinajstić information content (AvgIpc) is 3.27. The van der Waals surface area contributed by atoms with Crippen LogP contribution in [0.4, 0.5) is 5.82 Å². The fourth-order valence-electron chi connectivity index (χ4n) is 3.16. The first-order valence-electron chi connectivity index (χ1n) is 7.84. The zero-order chi connectivity index (χ0) is 15.6. The van der Waals surface area contributed by atoms with Crippen molar-refractivity contribution in [1.29, 1.82) is 0 Å². The van der Waals surface area contributed by atoms with E-state index in [4.69, 9.17) is 0 Å². The molecule has 1 aliphatic rings. The van der Waals surface area contributed by atoms with Gasteiger partial charge in [0, 0.05) is 25.1 Å². The van der Waals surface area contributed by atoms with Crippen LogP contribution in [0.25, 0.3) is 11.5 Å². The first-order chi connectivity index (χ1) is 11.3. The van der Waals surface area contributed by atoms with Crippen molar-refractivity contribution in [3.8, 4) is 11.5 Å². The molecular formula is C17H18N6. The molecule has 23 heavy (non-hydrogen) atoms. The first kappa shape index (κ1) is 13.9. The number of anilines is 1. The standard InChI is InChI=1S/C17H18N6/c1-12-21-13(11-14(22-12)17-19-8-9-20-17)15-5-4-10-23(15)16-6-2-3-7-18-16/h2-3,6-9,11,15H,4-5,10H2,1H3,(H,19,20). The number of rotatable bonds is 3. The second-order valence-corrected chi connectivity index (χ2v) is 5.70. The minimum Gasteiger partial charge on any atom is -0.348 e. The topological polar surface area (TPSA) is 70.6 Å². The molecule has 4 rings (SSSR count). The highest BCUT2D eigenvalue weighted by Gasteiger charge is 2.28. The predicted octanol–water partition coefficient (Wildman–Crippen LogP) is 2.91. The Morgan fingerprint density at radius 2 is 2.13 bits per heavy atom. The number of H-pyrrole nitrogens is 1. The third kappa shape index (κ3) is 2.67. The van der Waals surface area contributed by atoms with Crippen LogP contribution in [-0.2, 0) is 0 Å². The van der Waals surface area contributed by atoms with Crippen LogP contribution in [0.2, 0.25) is 0 Å². The van der Waals surface area contributed by atoms with E-state index in [1.165, 1.54) is 0 Å². The fraction of sp³-hybridized carbons (Fsp3) is 0.294. The Labute approximate surface area is 134 Å². The lowest BCUT2D eigenvalue weighted by atomic mass is 10.1. The number of nitrogens with zero attached hydrogens (tertiary/aromatic N) is 5. The van der Waals surface area contributed by atoms with Crippen LogP contribution in [0.1, 0.15) is 30.4 Å². The zero-order valence-electron chi connectivity index (χ0n) is 13.0. The number of imidazole rings is 1. The van der Waals surface area contributed by atoms with Crippen molar-refractivity contribution >= 4 is 5.82 Å². The molecule has 3 aromatic rings. The molecule has 1 fully saturated rings. The quantitative estimate of drug-likeness (QED) is 0.805. The highest BCUT2D eigenvalue weighted by atomic mass is 15.2. The van der Waals surface area contributed by atoms with Gasteiger partial charge < -0.3 is 9.88 Å². The van der Waals surface area contributed by atoms with Crippen molar-refractivity contribution in [1.82, 2.24) is 24.9 Å². The van der Waals surface area contributed by atoms with Gasteiger partial charge in [-0.1, -0.05) is 6.07 Å². The second kappa shape index (κ2) is 5.79. The average molecular weight is 306 g/mol. The predicted molar refractivity (Wildman–Crippen MR) is 87.9 cm³/mol. The fourth-order valence-corrected chi connectivity index (χ4v) is 3.16. The van der Waals surface area contributed by atoms with E-state index in [1.54, 1.807) is 6.20 Å². The van der Waals surface area contributed by atoms with Crippen LogP contribution in [0.5, 0.6) is 0 Å². The molecule has 0 amide bonds. The highest BCUT2D eigenvalue weighted by Crippen LogP contribution is 2.34. The van der Waals surface area contributed by atoms with E-state index in [0.29, 0.717) is 0 Å². The summed E-state index contributed by atoms with van der Waals surface area (Å²) < 4.78 is 0. The number of nitrogens with one attached hydrogen (secondary N) is 1. The van der Waals surface area contributed by atoms with E-state index >= 15 is 0 Å². The third-order valence-electron chi connectivity index (χ3n) is 4.14. The van der Waals surface area contributed by atoms with E-state index in [1.807, 2.05) is 37.5 Å². The summed E-state index contributed by atoms with van der Waals surface area (Å²) in [6.07, 6.45) is 7.60. The molecule has 1 N–H and O–H groups in total. The summed E-state index contributed by atoms with van der Waals surface area (Å²) in [5.74, 6) is 2.55. The number of hydrogen-bond donors (Lipinski definition) is 1. The maximum absolute atomic E-state index is 4.68. The Hall–Kier alpha value is -2.76. The number of aromatic amines is 1. The van der Waals surface area contributed by atoms with E-state index in [0.717, 1.165) is 48.2 Å². The second-order valence-electron chi connectivity index (χ2n) is 5.70. The van der Waals surface area contributed by atoms with Crippen LogP contribution in [0.15, 0.2) is 42.9 Å². The molecule has 116 valence electrons. The monoisotopic (exact) mass is 306 g/mol. The van der Waals surface area contributed by atoms with Gasteiger partial charge in [-0.15, -0.1) is 0 Å². The van der Waals surface area contributed by atoms with Crippen molar-refractivity contribution in [2.24, 2.45) is 0 Å². The molecule has 0 aliphatic carbocycles. The van der Waals surface area contributed by atoms with Gasteiger partial charge in [-0.05, 0) is 38.0 Å². The van der Waals surface area contributed by atoms with Gasteiger partial charge in [0.2, 0.25) is 0 Å². The maximum atomic E-state index is 4.68. The molecule has 0 bridgehead atoms. The van der Waals surface area contributed by atoms with Gasteiger partial charge in [0.15, 0.2) is 5.82 Å². The summed E-state index contributed by atoms with van der Waals surface area (Å²) in [6.45, 7) is 2.93. The highest BCUT2D eigenvalue weighted by molar-refractivity contribution is 5.51. The van der Waals surface area contributed by atoms with Crippen LogP contribution in [-0.4, -0.2) is 31.5 Å². The summed E-state index contributed by atoms with van der Waals surface area (Å²) in [6, 6.07) is 8.30. The SMILES string of the molecule is Cc1nc(-c2ncc[nH]2)cc(C2CCCN2c2ccccn2)n1. The number of aromatic nitrogens is 5. The molecule has 0 spiro atoms. The lowest BCUT2D eigenvalue weighted by Gasteiger charge is -2.25. The van der Waals surface area contributed by atoms with Gasteiger partial charge >= 0.3 is 0 Å². The van der Waals surface area contributed by atoms with Crippen molar-refractivity contribution in [2.45, 2.75) is 25.8 Å². The summed E-state index contributed by atoms with van der Waals surface area (Å²) >= 11 is 0. The molecule has 3 aromatic heterocycles. The smallest absolute Gasteiger partial charge is 0.156 e. The first-order valence-corrected chi connectivity index (χ1v) is 7.84. The summed E-state index contributed by atoms with van der Waals surface area (Å²) in [4.78, 5) is 23.4. The van der Waals surface area contributed by atoms with Crippen LogP contribution in [0.3, 0.4) is 0 Å². The minimum atomic E-state index is 0.236. The number of aryl methyl sites for hydroxylation is 1. The van der Waals surface area contributed by atoms with Gasteiger partial charge in [0.25, 0.3) is 0 Å². The molecule has 6 heteroatoms. The summed E-state index contributed by atoms with van der Waals surface area (Å²) in [5, 5.41) is 0. The molecule has 1 aliphatic heterocycles. The Bertz CT molecular complexity index is 784. The molecule has 4 heterocycles. The largest absolute Gasteiger partial charge is 0.348 e. The van der Waals surface area contributed by atoms with E-state index < -0.39 is 0 Å². The number of hydrogen-bond acceptors (Lipinski definition) is 5. The maximum Gasteiger partial charge on any atom is 0.156 e. The van der Waals surface area contributed by atoms with Crippen LogP contribution >= 0.6 is 0 Å². The molecule has 1 atom stereocenters. The van der Waals surface area contributed by atoms with E-state index in [9.17, 15) is 0 Å². The summed E-state index contributed by atoms with van der Waals surface area (Å²) in [7, 11) is 0. The normalized spacial score (nSPS) is 17.6. The molecule has 0 saturated carbocycles. The summed E-state index contributed by atoms with van der Waals surface area (Å²) in [5.41, 5.74) is 1.87. The number of pyridine rings is 1. The van der Waals surface area contributed by atoms with Crippen LogP contribution < -0.4 is 4.90 Å². The molecule has 1 saturated heterocycles. The molecule has 0 aromatic carbocycles. The van der Waals surface area contributed by atoms with Crippen LogP contribution in [0, 0.1) is 6.92 Å². The van der Waals surface area contributed by atoms with Crippen molar-refractivity contribution in [3.05, 3.63) is 54.4 Å². The molecule has 0 radical (unpaired) electrons. The van der Waals surface area contributed by atoms with Gasteiger partial charge in [-0.3, -0.25) is 0 Å². The van der Waals surface area contributed by atoms with Gasteiger partial charge in [-0.25, -0.2) is 19.9 Å². The molecule has 1 unspecified atom stereocenters. The Morgan fingerprint density at radius 1 is 1.17 bits per heavy atom. The molecular weight excluding hydrogens is 288 g/mol. The van der Waals surface area contributed by atoms with Crippen molar-refractivity contribution in [2.75, 3.05) is 11.4 Å².